The van der Waals surface area contributed by atoms with E-state index >= 15 is 0 Å². The van der Waals surface area contributed by atoms with E-state index in [4.69, 9.17) is 4.55 Å². The Kier molecular flexibility index (Phi) is 14.2. The van der Waals surface area contributed by atoms with Crippen LogP contribution in [0.4, 0.5) is 0 Å². The molecule has 0 spiro atoms. The molecule has 0 radical (unpaired) electrons. The van der Waals surface area contributed by atoms with Gasteiger partial charge in [-0.2, -0.15) is 8.42 Å². The van der Waals surface area contributed by atoms with Gasteiger partial charge < -0.3 is 4.90 Å². The predicted octanol–water partition coefficient (Wildman–Crippen LogP) is 4.90. The Balaban J connectivity index is 0.000000841. The van der Waals surface area contributed by atoms with Crippen LogP contribution in [0.15, 0.2) is 0 Å². The van der Waals surface area contributed by atoms with Gasteiger partial charge in [-0.15, -0.1) is 0 Å². The van der Waals surface area contributed by atoms with Crippen molar-refractivity contribution >= 4 is 10.1 Å². The Morgan fingerprint density at radius 1 is 0.957 bits per heavy atom. The van der Waals surface area contributed by atoms with E-state index in [-0.39, 0.29) is 0 Å². The monoisotopic (exact) mass is 349 g/mol. The summed E-state index contributed by atoms with van der Waals surface area (Å²) < 4.78 is 25.9. The fourth-order valence-electron chi connectivity index (χ4n) is 3.12. The molecule has 1 heterocycles. The van der Waals surface area contributed by atoms with Gasteiger partial charge in [0.2, 0.25) is 0 Å². The molecule has 1 saturated heterocycles. The van der Waals surface area contributed by atoms with Crippen molar-refractivity contribution in [2.75, 3.05) is 19.3 Å². The molecule has 1 rings (SSSR count). The van der Waals surface area contributed by atoms with Gasteiger partial charge in [0, 0.05) is 6.04 Å². The van der Waals surface area contributed by atoms with Crippen molar-refractivity contribution in [3.63, 3.8) is 0 Å². The first-order valence-electron chi connectivity index (χ1n) is 9.51. The number of hydrogen-bond acceptors (Lipinski definition) is 3. The molecular weight excluding hydrogens is 310 g/mol. The molecule has 4 nitrogen and oxygen atoms in total. The zero-order chi connectivity index (χ0) is 17.6. The largest absolute Gasteiger partial charge is 0.301 e. The second kappa shape index (κ2) is 14.2. The number of unbranched alkanes of at least 4 members (excludes halogenated alkanes) is 8. The Labute approximate surface area is 144 Å². The van der Waals surface area contributed by atoms with E-state index in [9.17, 15) is 8.42 Å². The minimum Gasteiger partial charge on any atom is -0.301 e. The number of rotatable bonds is 10. The van der Waals surface area contributed by atoms with Crippen LogP contribution in [-0.4, -0.2) is 43.3 Å². The summed E-state index contributed by atoms with van der Waals surface area (Å²) in [5.74, 6) is 0. The van der Waals surface area contributed by atoms with Crippen molar-refractivity contribution in [2.24, 2.45) is 0 Å². The predicted molar refractivity (Wildman–Crippen MR) is 99.6 cm³/mol. The highest BCUT2D eigenvalue weighted by Gasteiger charge is 2.16. The van der Waals surface area contributed by atoms with E-state index in [0.717, 1.165) is 6.04 Å². The third-order valence-corrected chi connectivity index (χ3v) is 4.49. The minimum absolute atomic E-state index is 0.715. The zero-order valence-corrected chi connectivity index (χ0v) is 16.4. The molecule has 0 aromatic heterocycles. The third kappa shape index (κ3) is 18.1. The fourth-order valence-corrected chi connectivity index (χ4v) is 3.12. The Morgan fingerprint density at radius 2 is 1.43 bits per heavy atom. The zero-order valence-electron chi connectivity index (χ0n) is 15.6. The normalized spacial score (nSPS) is 19.2. The van der Waals surface area contributed by atoms with Crippen LogP contribution in [0.3, 0.4) is 0 Å². The SMILES string of the molecule is CCCCCCCCCCCN1CCCCC1C.CS(=O)(=O)O. The highest BCUT2D eigenvalue weighted by Crippen LogP contribution is 2.17. The van der Waals surface area contributed by atoms with Crippen LogP contribution < -0.4 is 0 Å². The standard InChI is InChI=1S/C17H35N.CH4O3S/c1-3-4-5-6-7-8-9-10-12-15-18-16-13-11-14-17(18)2;1-5(2,3)4/h17H,3-16H2,1-2H3;1H3,(H,2,3,4). The Morgan fingerprint density at radius 3 is 1.91 bits per heavy atom. The van der Waals surface area contributed by atoms with Crippen LogP contribution in [0, 0.1) is 0 Å². The van der Waals surface area contributed by atoms with E-state index in [0.29, 0.717) is 6.26 Å². The maximum absolute atomic E-state index is 9.19. The van der Waals surface area contributed by atoms with E-state index in [1.54, 1.807) is 0 Å². The van der Waals surface area contributed by atoms with Gasteiger partial charge in [-0.3, -0.25) is 4.55 Å². The summed E-state index contributed by atoms with van der Waals surface area (Å²) in [6.07, 6.45) is 18.1. The third-order valence-electron chi connectivity index (χ3n) is 4.49. The number of piperidine rings is 1. The van der Waals surface area contributed by atoms with Crippen LogP contribution >= 0.6 is 0 Å². The van der Waals surface area contributed by atoms with Crippen molar-refractivity contribution in [2.45, 2.75) is 96.9 Å². The van der Waals surface area contributed by atoms with E-state index in [2.05, 4.69) is 18.7 Å². The fraction of sp³-hybridized carbons (Fsp3) is 1.00. The first-order chi connectivity index (χ1) is 10.8. The molecule has 0 amide bonds. The molecule has 0 aromatic rings. The van der Waals surface area contributed by atoms with Crippen molar-refractivity contribution in [3.8, 4) is 0 Å². The summed E-state index contributed by atoms with van der Waals surface area (Å²) in [5, 5.41) is 0. The molecule has 1 N–H and O–H groups in total. The van der Waals surface area contributed by atoms with Gasteiger partial charge >= 0.3 is 0 Å². The number of hydrogen-bond donors (Lipinski definition) is 1. The molecular formula is C18H39NO3S. The summed E-state index contributed by atoms with van der Waals surface area (Å²) in [5.41, 5.74) is 0. The maximum atomic E-state index is 9.19. The van der Waals surface area contributed by atoms with Gasteiger partial charge in [0.25, 0.3) is 10.1 Å². The van der Waals surface area contributed by atoms with Gasteiger partial charge in [-0.25, -0.2) is 0 Å². The molecule has 1 aliphatic rings. The highest BCUT2D eigenvalue weighted by molar-refractivity contribution is 7.85. The number of likely N-dealkylation sites (tertiary alicyclic amines) is 1. The molecule has 1 unspecified atom stereocenters. The molecule has 140 valence electrons. The molecule has 5 heteroatoms. The quantitative estimate of drug-likeness (QED) is 0.450. The molecule has 0 saturated carbocycles. The average Bonchev–Trinajstić information content (AvgIpc) is 2.45. The van der Waals surface area contributed by atoms with Crippen molar-refractivity contribution in [3.05, 3.63) is 0 Å². The molecule has 0 bridgehead atoms. The van der Waals surface area contributed by atoms with E-state index in [1.165, 1.54) is 90.1 Å². The Hall–Kier alpha value is -0.130. The van der Waals surface area contributed by atoms with Gasteiger partial charge in [-0.05, 0) is 39.3 Å². The van der Waals surface area contributed by atoms with Crippen LogP contribution in [-0.2, 0) is 10.1 Å². The smallest absolute Gasteiger partial charge is 0.261 e. The lowest BCUT2D eigenvalue weighted by molar-refractivity contribution is 0.157. The van der Waals surface area contributed by atoms with Crippen molar-refractivity contribution < 1.29 is 13.0 Å². The second-order valence-corrected chi connectivity index (χ2v) is 8.41. The van der Waals surface area contributed by atoms with Crippen molar-refractivity contribution in [1.29, 1.82) is 0 Å². The number of nitrogens with zero attached hydrogens (tertiary/aromatic N) is 1. The van der Waals surface area contributed by atoms with Gasteiger partial charge in [0.1, 0.15) is 0 Å². The maximum Gasteiger partial charge on any atom is 0.261 e. The summed E-state index contributed by atoms with van der Waals surface area (Å²) >= 11 is 0. The van der Waals surface area contributed by atoms with Crippen molar-refractivity contribution in [1.82, 2.24) is 4.90 Å². The topological polar surface area (TPSA) is 57.6 Å². The molecule has 1 atom stereocenters. The molecule has 23 heavy (non-hydrogen) atoms. The molecule has 0 aromatic carbocycles. The molecule has 0 aliphatic carbocycles. The first kappa shape index (κ1) is 22.9. The summed E-state index contributed by atoms with van der Waals surface area (Å²) in [6.45, 7) is 7.42. The van der Waals surface area contributed by atoms with Crippen LogP contribution in [0.25, 0.3) is 0 Å². The summed E-state index contributed by atoms with van der Waals surface area (Å²) in [7, 11) is -3.67. The lowest BCUT2D eigenvalue weighted by Gasteiger charge is -2.33. The van der Waals surface area contributed by atoms with E-state index in [1.807, 2.05) is 0 Å². The average molecular weight is 350 g/mol. The first-order valence-corrected chi connectivity index (χ1v) is 11.4. The van der Waals surface area contributed by atoms with Crippen LogP contribution in [0.1, 0.15) is 90.9 Å². The highest BCUT2D eigenvalue weighted by atomic mass is 32.2. The summed E-state index contributed by atoms with van der Waals surface area (Å²) in [6, 6.07) is 0.854. The van der Waals surface area contributed by atoms with E-state index < -0.39 is 10.1 Å². The lowest BCUT2D eigenvalue weighted by atomic mass is 10.0. The summed E-state index contributed by atoms with van der Waals surface area (Å²) in [4.78, 5) is 2.71. The second-order valence-electron chi connectivity index (χ2n) is 6.94. The minimum atomic E-state index is -3.67. The lowest BCUT2D eigenvalue weighted by Crippen LogP contribution is -2.37. The van der Waals surface area contributed by atoms with Crippen LogP contribution in [0.5, 0.6) is 0 Å². The Bertz CT molecular complexity index is 349. The van der Waals surface area contributed by atoms with Crippen LogP contribution in [0.2, 0.25) is 0 Å². The molecule has 1 fully saturated rings. The van der Waals surface area contributed by atoms with Gasteiger partial charge in [0.15, 0.2) is 0 Å². The molecule has 1 aliphatic heterocycles. The van der Waals surface area contributed by atoms with Gasteiger partial charge in [-0.1, -0.05) is 64.7 Å². The van der Waals surface area contributed by atoms with Gasteiger partial charge in [0.05, 0.1) is 6.26 Å².